The van der Waals surface area contributed by atoms with E-state index in [1.54, 1.807) is 31.3 Å². The summed E-state index contributed by atoms with van der Waals surface area (Å²) in [6, 6.07) is 6.83. The lowest BCUT2D eigenvalue weighted by atomic mass is 10.3. The number of ether oxygens (including phenoxy) is 1. The highest BCUT2D eigenvalue weighted by molar-refractivity contribution is 5.85. The van der Waals surface area contributed by atoms with Crippen molar-refractivity contribution in [2.24, 2.45) is 0 Å². The van der Waals surface area contributed by atoms with Gasteiger partial charge in [0.15, 0.2) is 6.61 Å². The molecule has 0 aromatic heterocycles. The number of carbonyl (C=O) groups excluding carboxylic acids is 2. The van der Waals surface area contributed by atoms with Crippen LogP contribution in [0.5, 0.6) is 5.75 Å². The molecule has 0 aliphatic carbocycles. The average molecular weight is 265 g/mol. The van der Waals surface area contributed by atoms with Crippen LogP contribution in [0.15, 0.2) is 24.3 Å². The van der Waals surface area contributed by atoms with E-state index >= 15 is 0 Å². The van der Waals surface area contributed by atoms with Crippen molar-refractivity contribution in [1.82, 2.24) is 10.2 Å². The van der Waals surface area contributed by atoms with E-state index in [0.29, 0.717) is 18.0 Å². The van der Waals surface area contributed by atoms with Crippen LogP contribution in [0.1, 0.15) is 6.92 Å². The minimum absolute atomic E-state index is 0.0208. The van der Waals surface area contributed by atoms with Crippen LogP contribution in [0.25, 0.3) is 0 Å². The van der Waals surface area contributed by atoms with Gasteiger partial charge in [-0.25, -0.2) is 0 Å². The Bertz CT molecular complexity index is 449. The van der Waals surface area contributed by atoms with Crippen LogP contribution in [0.3, 0.4) is 0 Å². The molecule has 0 fully saturated rings. The smallest absolute Gasteiger partial charge is 0.260 e. The van der Waals surface area contributed by atoms with Gasteiger partial charge in [0.1, 0.15) is 5.75 Å². The third-order valence-electron chi connectivity index (χ3n) is 2.40. The molecule has 0 saturated heterocycles. The number of benzene rings is 1. The summed E-state index contributed by atoms with van der Waals surface area (Å²) in [4.78, 5) is 24.4. The third kappa shape index (κ3) is 5.29. The molecule has 1 aromatic rings. The molecule has 6 nitrogen and oxygen atoms in total. The maximum Gasteiger partial charge on any atom is 0.260 e. The molecule has 104 valence electrons. The predicted octanol–water partition coefficient (Wildman–Crippen LogP) is 0.242. The molecular formula is C13H19N3O3. The number of carbonyl (C=O) groups is 2. The average Bonchev–Trinajstić information content (AvgIpc) is 2.36. The van der Waals surface area contributed by atoms with E-state index in [1.165, 1.54) is 4.90 Å². The van der Waals surface area contributed by atoms with Crippen molar-refractivity contribution < 1.29 is 14.3 Å². The Balaban J connectivity index is 2.40. The molecule has 3 N–H and O–H groups in total. The number of nitrogens with two attached hydrogens (primary N) is 1. The van der Waals surface area contributed by atoms with Crippen molar-refractivity contribution in [1.29, 1.82) is 0 Å². The number of rotatable bonds is 6. The summed E-state index contributed by atoms with van der Waals surface area (Å²) in [6.45, 7) is 2.26. The normalized spacial score (nSPS) is 9.79. The zero-order valence-electron chi connectivity index (χ0n) is 11.2. The number of hydrogen-bond donors (Lipinski definition) is 2. The number of nitrogen functional groups attached to an aromatic ring is 1. The van der Waals surface area contributed by atoms with Gasteiger partial charge in [-0.15, -0.1) is 0 Å². The van der Waals surface area contributed by atoms with Crippen molar-refractivity contribution in [2.75, 3.05) is 32.5 Å². The molecule has 0 aliphatic heterocycles. The molecule has 0 heterocycles. The number of anilines is 1. The summed E-state index contributed by atoms with van der Waals surface area (Å²) >= 11 is 0. The Morgan fingerprint density at radius 1 is 1.42 bits per heavy atom. The topological polar surface area (TPSA) is 84.7 Å². The maximum absolute atomic E-state index is 11.7. The molecule has 1 aromatic carbocycles. The standard InChI is InChI=1S/C13H19N3O3/c1-3-15-12(17)8-16(2)13(18)9-19-11-6-4-5-10(14)7-11/h4-7H,3,8-9,14H2,1-2H3,(H,15,17). The van der Waals surface area contributed by atoms with E-state index < -0.39 is 0 Å². The molecule has 0 radical (unpaired) electrons. The predicted molar refractivity (Wildman–Crippen MR) is 72.7 cm³/mol. The molecule has 0 atom stereocenters. The summed E-state index contributed by atoms with van der Waals surface area (Å²) in [6.07, 6.45) is 0. The quantitative estimate of drug-likeness (QED) is 0.722. The second kappa shape index (κ2) is 7.25. The van der Waals surface area contributed by atoms with E-state index in [9.17, 15) is 9.59 Å². The molecule has 19 heavy (non-hydrogen) atoms. The number of nitrogens with zero attached hydrogens (tertiary/aromatic N) is 1. The Labute approximate surface area is 112 Å². The molecule has 0 saturated carbocycles. The molecule has 2 amide bonds. The van der Waals surface area contributed by atoms with Gasteiger partial charge in [0, 0.05) is 25.3 Å². The van der Waals surface area contributed by atoms with Crippen LogP contribution in [0.4, 0.5) is 5.69 Å². The highest BCUT2D eigenvalue weighted by Crippen LogP contribution is 2.14. The molecule has 0 spiro atoms. The molecular weight excluding hydrogens is 246 g/mol. The van der Waals surface area contributed by atoms with Crippen molar-refractivity contribution in [3.8, 4) is 5.75 Å². The Morgan fingerprint density at radius 3 is 2.79 bits per heavy atom. The SMILES string of the molecule is CCNC(=O)CN(C)C(=O)COc1cccc(N)c1. The van der Waals surface area contributed by atoms with Gasteiger partial charge < -0.3 is 20.7 Å². The van der Waals surface area contributed by atoms with Gasteiger partial charge in [0.2, 0.25) is 5.91 Å². The van der Waals surface area contributed by atoms with Crippen molar-refractivity contribution in [2.45, 2.75) is 6.92 Å². The molecule has 0 unspecified atom stereocenters. The number of amides is 2. The summed E-state index contributed by atoms with van der Waals surface area (Å²) in [5.74, 6) is 0.0655. The van der Waals surface area contributed by atoms with Gasteiger partial charge in [0.05, 0.1) is 6.54 Å². The Morgan fingerprint density at radius 2 is 2.16 bits per heavy atom. The lowest BCUT2D eigenvalue weighted by Crippen LogP contribution is -2.40. The van der Waals surface area contributed by atoms with Crippen LogP contribution >= 0.6 is 0 Å². The van der Waals surface area contributed by atoms with E-state index in [0.717, 1.165) is 0 Å². The minimum atomic E-state index is -0.270. The molecule has 0 aliphatic rings. The van der Waals surface area contributed by atoms with Crippen molar-refractivity contribution in [3.05, 3.63) is 24.3 Å². The van der Waals surface area contributed by atoms with E-state index in [-0.39, 0.29) is 25.0 Å². The lowest BCUT2D eigenvalue weighted by Gasteiger charge is -2.16. The monoisotopic (exact) mass is 265 g/mol. The molecule has 0 bridgehead atoms. The van der Waals surface area contributed by atoms with Gasteiger partial charge in [0.25, 0.3) is 5.91 Å². The van der Waals surface area contributed by atoms with Gasteiger partial charge in [-0.05, 0) is 19.1 Å². The zero-order valence-corrected chi connectivity index (χ0v) is 11.2. The fourth-order valence-electron chi connectivity index (χ4n) is 1.42. The van der Waals surface area contributed by atoms with Gasteiger partial charge in [-0.3, -0.25) is 9.59 Å². The van der Waals surface area contributed by atoms with E-state index in [4.69, 9.17) is 10.5 Å². The fourth-order valence-corrected chi connectivity index (χ4v) is 1.42. The van der Waals surface area contributed by atoms with E-state index in [1.807, 2.05) is 6.92 Å². The van der Waals surface area contributed by atoms with Gasteiger partial charge in [-0.1, -0.05) is 6.07 Å². The van der Waals surface area contributed by atoms with E-state index in [2.05, 4.69) is 5.32 Å². The van der Waals surface area contributed by atoms with Crippen LogP contribution in [-0.4, -0.2) is 43.5 Å². The summed E-state index contributed by atoms with van der Waals surface area (Å²) < 4.78 is 5.31. The minimum Gasteiger partial charge on any atom is -0.484 e. The third-order valence-corrected chi connectivity index (χ3v) is 2.40. The first-order valence-electron chi connectivity index (χ1n) is 6.02. The Hall–Kier alpha value is -2.24. The first kappa shape index (κ1) is 14.8. The highest BCUT2D eigenvalue weighted by Gasteiger charge is 2.12. The van der Waals surface area contributed by atoms with Crippen LogP contribution in [0, 0.1) is 0 Å². The summed E-state index contributed by atoms with van der Waals surface area (Å²) in [5, 5.41) is 2.62. The molecule has 1 rings (SSSR count). The largest absolute Gasteiger partial charge is 0.484 e. The highest BCUT2D eigenvalue weighted by atomic mass is 16.5. The lowest BCUT2D eigenvalue weighted by molar-refractivity contribution is -0.136. The van der Waals surface area contributed by atoms with Gasteiger partial charge >= 0.3 is 0 Å². The number of nitrogens with one attached hydrogen (secondary N) is 1. The number of likely N-dealkylation sites (N-methyl/N-ethyl adjacent to an activating group) is 2. The van der Waals surface area contributed by atoms with Crippen LogP contribution < -0.4 is 15.8 Å². The molecule has 6 heteroatoms. The fraction of sp³-hybridized carbons (Fsp3) is 0.385. The second-order valence-electron chi connectivity index (χ2n) is 4.06. The number of hydrogen-bond acceptors (Lipinski definition) is 4. The van der Waals surface area contributed by atoms with Crippen molar-refractivity contribution >= 4 is 17.5 Å². The van der Waals surface area contributed by atoms with Crippen molar-refractivity contribution in [3.63, 3.8) is 0 Å². The maximum atomic E-state index is 11.7. The second-order valence-corrected chi connectivity index (χ2v) is 4.06. The first-order chi connectivity index (χ1) is 9.02. The first-order valence-corrected chi connectivity index (χ1v) is 6.02. The zero-order chi connectivity index (χ0) is 14.3. The Kier molecular flexibility index (Phi) is 5.66. The summed E-state index contributed by atoms with van der Waals surface area (Å²) in [5.41, 5.74) is 6.17. The van der Waals surface area contributed by atoms with Crippen LogP contribution in [-0.2, 0) is 9.59 Å². The van der Waals surface area contributed by atoms with Crippen LogP contribution in [0.2, 0.25) is 0 Å². The summed E-state index contributed by atoms with van der Waals surface area (Å²) in [7, 11) is 1.56. The van der Waals surface area contributed by atoms with Gasteiger partial charge in [-0.2, -0.15) is 0 Å².